The third-order valence-corrected chi connectivity index (χ3v) is 7.88. The number of fused-ring (bicyclic) bond motifs is 1. The van der Waals surface area contributed by atoms with Gasteiger partial charge in [0, 0.05) is 16.6 Å². The van der Waals surface area contributed by atoms with Crippen LogP contribution < -0.4 is 5.32 Å². The van der Waals surface area contributed by atoms with Crippen LogP contribution in [0.5, 0.6) is 0 Å². The van der Waals surface area contributed by atoms with Crippen molar-refractivity contribution in [1.82, 2.24) is 9.78 Å². The number of nitrogens with zero attached hydrogens (tertiary/aromatic N) is 2. The summed E-state index contributed by atoms with van der Waals surface area (Å²) in [6.45, 7) is 9.07. The lowest BCUT2D eigenvalue weighted by Crippen LogP contribution is -2.17. The molecule has 1 N–H and O–H groups in total. The molecule has 0 fully saturated rings. The van der Waals surface area contributed by atoms with Crippen LogP contribution in [0.3, 0.4) is 0 Å². The van der Waals surface area contributed by atoms with E-state index in [2.05, 4.69) is 165 Å². The Morgan fingerprint density at radius 1 is 0.610 bits per heavy atom. The van der Waals surface area contributed by atoms with Gasteiger partial charge in [0.1, 0.15) is 0 Å². The summed E-state index contributed by atoms with van der Waals surface area (Å²) in [5, 5.41) is 11.8. The largest absolute Gasteiger partial charge is 0.372 e. The lowest BCUT2D eigenvalue weighted by Gasteiger charge is -2.26. The van der Waals surface area contributed by atoms with Gasteiger partial charge in [-0.1, -0.05) is 143 Å². The normalized spacial score (nSPS) is 12.2. The number of nitrogens with one attached hydrogen (secondary N) is 1. The van der Waals surface area contributed by atoms with Crippen molar-refractivity contribution < 1.29 is 0 Å². The number of aromatic nitrogens is 2. The van der Waals surface area contributed by atoms with Crippen molar-refractivity contribution in [3.05, 3.63) is 150 Å². The van der Waals surface area contributed by atoms with Crippen LogP contribution in [0.25, 0.3) is 27.7 Å². The zero-order chi connectivity index (χ0) is 28.3. The zero-order valence-corrected chi connectivity index (χ0v) is 24.3. The van der Waals surface area contributed by atoms with Gasteiger partial charge in [-0.3, -0.25) is 0 Å². The van der Waals surface area contributed by atoms with E-state index < -0.39 is 0 Å². The van der Waals surface area contributed by atoms with Gasteiger partial charge in [0.25, 0.3) is 0 Å². The molecule has 0 spiro atoms. The number of rotatable bonds is 8. The van der Waals surface area contributed by atoms with Crippen LogP contribution in [-0.4, -0.2) is 9.78 Å². The van der Waals surface area contributed by atoms with Crippen LogP contribution in [0.1, 0.15) is 68.0 Å². The third-order valence-electron chi connectivity index (χ3n) is 7.88. The SMILES string of the molecule is CC(C)c1cccc(C(C)C)c1NC(c1ccccc1)c1cc(-c2ccccc2)n(-c2cccc3ccccc23)n1. The van der Waals surface area contributed by atoms with E-state index in [9.17, 15) is 0 Å². The molecule has 0 saturated carbocycles. The first-order chi connectivity index (χ1) is 20.0. The van der Waals surface area contributed by atoms with E-state index in [0.717, 1.165) is 22.6 Å². The van der Waals surface area contributed by atoms with E-state index in [0.29, 0.717) is 11.8 Å². The first-order valence-electron chi connectivity index (χ1n) is 14.6. The molecule has 204 valence electrons. The summed E-state index contributed by atoms with van der Waals surface area (Å²) in [5.41, 5.74) is 9.32. The maximum absolute atomic E-state index is 5.38. The Morgan fingerprint density at radius 2 is 1.20 bits per heavy atom. The van der Waals surface area contributed by atoms with Crippen LogP contribution in [0.15, 0.2) is 127 Å². The Morgan fingerprint density at radius 3 is 1.88 bits per heavy atom. The maximum Gasteiger partial charge on any atom is 0.0959 e. The summed E-state index contributed by atoms with van der Waals surface area (Å²) >= 11 is 0. The lowest BCUT2D eigenvalue weighted by atomic mass is 9.91. The number of para-hydroxylation sites is 1. The fourth-order valence-electron chi connectivity index (χ4n) is 5.77. The fourth-order valence-corrected chi connectivity index (χ4v) is 5.77. The van der Waals surface area contributed by atoms with Gasteiger partial charge in [0.2, 0.25) is 0 Å². The van der Waals surface area contributed by atoms with Gasteiger partial charge in [-0.2, -0.15) is 5.10 Å². The second-order valence-electron chi connectivity index (χ2n) is 11.3. The molecule has 1 aromatic heterocycles. The smallest absolute Gasteiger partial charge is 0.0959 e. The molecule has 0 amide bonds. The van der Waals surface area contributed by atoms with Gasteiger partial charge < -0.3 is 5.32 Å². The highest BCUT2D eigenvalue weighted by Gasteiger charge is 2.24. The van der Waals surface area contributed by atoms with Crippen LogP contribution in [0.2, 0.25) is 0 Å². The average Bonchev–Trinajstić information content (AvgIpc) is 3.45. The minimum Gasteiger partial charge on any atom is -0.372 e. The molecule has 0 aliphatic heterocycles. The molecule has 3 heteroatoms. The average molecular weight is 536 g/mol. The van der Waals surface area contributed by atoms with Gasteiger partial charge in [0.15, 0.2) is 0 Å². The summed E-state index contributed by atoms with van der Waals surface area (Å²) in [6, 6.07) is 45.1. The minimum atomic E-state index is -0.132. The Hall–Kier alpha value is -4.63. The molecule has 0 aliphatic rings. The van der Waals surface area contributed by atoms with Gasteiger partial charge >= 0.3 is 0 Å². The quantitative estimate of drug-likeness (QED) is 0.210. The Labute approximate surface area is 243 Å². The standard InChI is InChI=1S/C38H37N3/c1-26(2)31-22-14-23-32(27(3)4)38(31)39-37(30-18-9-6-10-19-30)34-25-36(29-16-7-5-8-17-29)41(40-34)35-24-13-20-28-15-11-12-21-33(28)35/h5-27,37,39H,1-4H3. The predicted molar refractivity (Wildman–Crippen MR) is 173 cm³/mol. The molecular formula is C38H37N3. The summed E-state index contributed by atoms with van der Waals surface area (Å²) in [6.07, 6.45) is 0. The van der Waals surface area contributed by atoms with Crippen LogP contribution in [-0.2, 0) is 0 Å². The lowest BCUT2D eigenvalue weighted by molar-refractivity contribution is 0.790. The van der Waals surface area contributed by atoms with Crippen molar-refractivity contribution in [2.45, 2.75) is 45.6 Å². The van der Waals surface area contributed by atoms with E-state index in [4.69, 9.17) is 5.10 Å². The summed E-state index contributed by atoms with van der Waals surface area (Å²) in [5.74, 6) is 0.779. The Kier molecular flexibility index (Phi) is 7.43. The number of benzene rings is 5. The van der Waals surface area contributed by atoms with E-state index in [-0.39, 0.29) is 6.04 Å². The van der Waals surface area contributed by atoms with E-state index in [1.54, 1.807) is 0 Å². The molecule has 3 nitrogen and oxygen atoms in total. The van der Waals surface area contributed by atoms with Crippen molar-refractivity contribution in [3.8, 4) is 16.9 Å². The Bertz CT molecular complexity index is 1730. The predicted octanol–water partition coefficient (Wildman–Crippen LogP) is 10.1. The van der Waals surface area contributed by atoms with Gasteiger partial charge in [-0.05, 0) is 46.0 Å². The van der Waals surface area contributed by atoms with E-state index in [1.807, 2.05) is 0 Å². The highest BCUT2D eigenvalue weighted by Crippen LogP contribution is 2.38. The second kappa shape index (κ2) is 11.5. The molecule has 0 radical (unpaired) electrons. The number of anilines is 1. The van der Waals surface area contributed by atoms with E-state index in [1.165, 1.54) is 33.2 Å². The molecule has 0 bridgehead atoms. The molecule has 5 aromatic carbocycles. The molecule has 1 unspecified atom stereocenters. The first-order valence-corrected chi connectivity index (χ1v) is 14.6. The van der Waals surface area contributed by atoms with Crippen molar-refractivity contribution in [2.75, 3.05) is 5.32 Å². The first kappa shape index (κ1) is 26.6. The van der Waals surface area contributed by atoms with Crippen molar-refractivity contribution in [3.63, 3.8) is 0 Å². The van der Waals surface area contributed by atoms with Crippen molar-refractivity contribution in [2.24, 2.45) is 0 Å². The molecule has 0 saturated heterocycles. The maximum atomic E-state index is 5.38. The topological polar surface area (TPSA) is 29.9 Å². The fraction of sp³-hybridized carbons (Fsp3) is 0.184. The minimum absolute atomic E-state index is 0.132. The highest BCUT2D eigenvalue weighted by atomic mass is 15.3. The number of hydrogen-bond acceptors (Lipinski definition) is 2. The summed E-state index contributed by atoms with van der Waals surface area (Å²) in [7, 11) is 0. The number of hydrogen-bond donors (Lipinski definition) is 1. The zero-order valence-electron chi connectivity index (χ0n) is 24.3. The summed E-state index contributed by atoms with van der Waals surface area (Å²) in [4.78, 5) is 0. The van der Waals surface area contributed by atoms with Gasteiger partial charge in [-0.25, -0.2) is 4.68 Å². The molecule has 1 heterocycles. The molecule has 41 heavy (non-hydrogen) atoms. The molecule has 1 atom stereocenters. The van der Waals surface area contributed by atoms with Crippen molar-refractivity contribution >= 4 is 16.5 Å². The molecule has 6 aromatic rings. The van der Waals surface area contributed by atoms with Crippen LogP contribution >= 0.6 is 0 Å². The van der Waals surface area contributed by atoms with Gasteiger partial charge in [-0.15, -0.1) is 0 Å². The molecular weight excluding hydrogens is 498 g/mol. The van der Waals surface area contributed by atoms with Crippen LogP contribution in [0.4, 0.5) is 5.69 Å². The third kappa shape index (κ3) is 5.28. The van der Waals surface area contributed by atoms with Crippen LogP contribution in [0, 0.1) is 0 Å². The second-order valence-corrected chi connectivity index (χ2v) is 11.3. The molecule has 6 rings (SSSR count). The monoisotopic (exact) mass is 535 g/mol. The molecule has 0 aliphatic carbocycles. The Balaban J connectivity index is 1.58. The van der Waals surface area contributed by atoms with E-state index >= 15 is 0 Å². The highest BCUT2D eigenvalue weighted by molar-refractivity contribution is 5.90. The van der Waals surface area contributed by atoms with Gasteiger partial charge in [0.05, 0.1) is 23.1 Å². The van der Waals surface area contributed by atoms with Crippen molar-refractivity contribution in [1.29, 1.82) is 0 Å². The summed E-state index contributed by atoms with van der Waals surface area (Å²) < 4.78 is 2.13.